The van der Waals surface area contributed by atoms with E-state index in [-0.39, 0.29) is 18.1 Å². The van der Waals surface area contributed by atoms with Crippen LogP contribution in [0.3, 0.4) is 0 Å². The first-order chi connectivity index (χ1) is 12.6. The van der Waals surface area contributed by atoms with Crippen LogP contribution in [0.2, 0.25) is 0 Å². The number of carbonyl (C=O) groups is 2. The number of hydrogen-bond acceptors (Lipinski definition) is 3. The summed E-state index contributed by atoms with van der Waals surface area (Å²) in [5.41, 5.74) is 3.18. The normalized spacial score (nSPS) is 21.6. The lowest BCUT2D eigenvalue weighted by molar-refractivity contribution is -0.145. The van der Waals surface area contributed by atoms with Crippen molar-refractivity contribution in [3.05, 3.63) is 46.7 Å². The maximum absolute atomic E-state index is 12.9. The first kappa shape index (κ1) is 18.5. The zero-order chi connectivity index (χ0) is 18.5. The van der Waals surface area contributed by atoms with Crippen LogP contribution in [0.5, 0.6) is 0 Å². The minimum atomic E-state index is -0.479. The van der Waals surface area contributed by atoms with Crippen molar-refractivity contribution in [2.75, 3.05) is 0 Å². The summed E-state index contributed by atoms with van der Waals surface area (Å²) in [6, 6.07) is 7.24. The van der Waals surface area contributed by atoms with Gasteiger partial charge in [0.05, 0.1) is 11.6 Å². The molecule has 1 aliphatic heterocycles. The Labute approximate surface area is 155 Å². The van der Waals surface area contributed by atoms with E-state index >= 15 is 0 Å². The zero-order valence-electron chi connectivity index (χ0n) is 15.6. The predicted molar refractivity (Wildman–Crippen MR) is 101 cm³/mol. The summed E-state index contributed by atoms with van der Waals surface area (Å²) < 4.78 is 5.82. The number of aryl methyl sites for hydroxylation is 1. The van der Waals surface area contributed by atoms with Crippen molar-refractivity contribution in [3.8, 4) is 0 Å². The minimum Gasteiger partial charge on any atom is -0.459 e. The Morgan fingerprint density at radius 2 is 1.77 bits per heavy atom. The summed E-state index contributed by atoms with van der Waals surface area (Å²) in [5, 5.41) is 5.58. The smallest absolute Gasteiger partial charge is 0.338 e. The molecule has 0 aromatic heterocycles. The quantitative estimate of drug-likeness (QED) is 0.629. The molecule has 0 bridgehead atoms. The molecule has 5 heteroatoms. The summed E-state index contributed by atoms with van der Waals surface area (Å²) >= 11 is 0. The number of nitrogens with one attached hydrogen (secondary N) is 2. The molecule has 1 aromatic carbocycles. The molecule has 2 aliphatic rings. The van der Waals surface area contributed by atoms with E-state index in [1.165, 1.54) is 18.4 Å². The number of ether oxygens (including phenoxy) is 1. The van der Waals surface area contributed by atoms with Gasteiger partial charge in [-0.05, 0) is 50.2 Å². The third kappa shape index (κ3) is 4.26. The van der Waals surface area contributed by atoms with Crippen LogP contribution in [0.4, 0.5) is 4.79 Å². The maximum Gasteiger partial charge on any atom is 0.338 e. The molecule has 2 amide bonds. The predicted octanol–water partition coefficient (Wildman–Crippen LogP) is 4.14. The van der Waals surface area contributed by atoms with E-state index in [1.54, 1.807) is 6.92 Å². The van der Waals surface area contributed by atoms with Crippen molar-refractivity contribution in [1.82, 2.24) is 10.6 Å². The van der Waals surface area contributed by atoms with Crippen LogP contribution in [0.1, 0.15) is 69.5 Å². The van der Waals surface area contributed by atoms with Crippen molar-refractivity contribution in [2.45, 2.75) is 70.9 Å². The first-order valence-electron chi connectivity index (χ1n) is 9.66. The molecule has 1 atom stereocenters. The number of benzene rings is 1. The lowest BCUT2D eigenvalue weighted by atomic mass is 9.94. The fourth-order valence-corrected chi connectivity index (χ4v) is 3.73. The summed E-state index contributed by atoms with van der Waals surface area (Å²) in [5.74, 6) is -0.327. The fourth-order valence-electron chi connectivity index (χ4n) is 3.73. The summed E-state index contributed by atoms with van der Waals surface area (Å²) in [6.07, 6.45) is 7.40. The van der Waals surface area contributed by atoms with Gasteiger partial charge in [-0.25, -0.2) is 9.59 Å². The summed E-state index contributed by atoms with van der Waals surface area (Å²) in [7, 11) is 0. The van der Waals surface area contributed by atoms with Gasteiger partial charge in [-0.1, -0.05) is 44.0 Å². The maximum atomic E-state index is 12.9. The van der Waals surface area contributed by atoms with Crippen molar-refractivity contribution in [1.29, 1.82) is 0 Å². The Hall–Kier alpha value is -2.30. The number of amides is 2. The minimum absolute atomic E-state index is 0.0222. The van der Waals surface area contributed by atoms with Gasteiger partial charge in [0.25, 0.3) is 0 Å². The van der Waals surface area contributed by atoms with Crippen LogP contribution in [-0.2, 0) is 16.0 Å². The first-order valence-corrected chi connectivity index (χ1v) is 9.66. The van der Waals surface area contributed by atoms with Gasteiger partial charge in [-0.3, -0.25) is 0 Å². The molecule has 1 aromatic rings. The van der Waals surface area contributed by atoms with Gasteiger partial charge >= 0.3 is 12.0 Å². The van der Waals surface area contributed by atoms with Crippen LogP contribution >= 0.6 is 0 Å². The van der Waals surface area contributed by atoms with Gasteiger partial charge in [-0.15, -0.1) is 0 Å². The SMILES string of the molecule is CCc1ccc(C2NC(=O)NC(C)=C2C(=O)OC2CCCCCC2)cc1. The van der Waals surface area contributed by atoms with Crippen LogP contribution < -0.4 is 10.6 Å². The van der Waals surface area contributed by atoms with E-state index in [9.17, 15) is 9.59 Å². The highest BCUT2D eigenvalue weighted by molar-refractivity contribution is 5.95. The molecule has 2 N–H and O–H groups in total. The Bertz CT molecular complexity index is 686. The monoisotopic (exact) mass is 356 g/mol. The van der Waals surface area contributed by atoms with Gasteiger partial charge in [0.2, 0.25) is 0 Å². The van der Waals surface area contributed by atoms with E-state index in [1.807, 2.05) is 24.3 Å². The van der Waals surface area contributed by atoms with Crippen molar-refractivity contribution >= 4 is 12.0 Å². The molecular formula is C21H28N2O3. The van der Waals surface area contributed by atoms with Crippen LogP contribution in [0, 0.1) is 0 Å². The molecule has 26 heavy (non-hydrogen) atoms. The fraction of sp³-hybridized carbons (Fsp3) is 0.524. The van der Waals surface area contributed by atoms with E-state index < -0.39 is 6.04 Å². The number of allylic oxidation sites excluding steroid dienone is 1. The largest absolute Gasteiger partial charge is 0.459 e. The topological polar surface area (TPSA) is 67.4 Å². The highest BCUT2D eigenvalue weighted by Crippen LogP contribution is 2.29. The van der Waals surface area contributed by atoms with Crippen LogP contribution in [-0.4, -0.2) is 18.1 Å². The lowest BCUT2D eigenvalue weighted by Gasteiger charge is -2.29. The highest BCUT2D eigenvalue weighted by atomic mass is 16.5. The molecule has 3 rings (SSSR count). The molecule has 0 saturated heterocycles. The van der Waals surface area contributed by atoms with Gasteiger partial charge in [0, 0.05) is 5.70 Å². The molecule has 0 spiro atoms. The second kappa shape index (κ2) is 8.39. The third-order valence-corrected chi connectivity index (χ3v) is 5.29. The number of rotatable bonds is 4. The standard InChI is InChI=1S/C21H28N2O3/c1-3-15-10-12-16(13-11-15)19-18(14(2)22-21(25)23-19)20(24)26-17-8-6-4-5-7-9-17/h10-13,17,19H,3-9H2,1-2H3,(H2,22,23,25). The molecule has 1 fully saturated rings. The van der Waals surface area contributed by atoms with E-state index in [2.05, 4.69) is 17.6 Å². The third-order valence-electron chi connectivity index (χ3n) is 5.29. The van der Waals surface area contributed by atoms with E-state index in [4.69, 9.17) is 4.74 Å². The van der Waals surface area contributed by atoms with Crippen molar-refractivity contribution in [2.24, 2.45) is 0 Å². The zero-order valence-corrected chi connectivity index (χ0v) is 15.6. The Morgan fingerprint density at radius 3 is 2.38 bits per heavy atom. The van der Waals surface area contributed by atoms with Gasteiger partial charge < -0.3 is 15.4 Å². The second-order valence-corrected chi connectivity index (χ2v) is 7.18. The Morgan fingerprint density at radius 1 is 1.12 bits per heavy atom. The lowest BCUT2D eigenvalue weighted by Crippen LogP contribution is -2.45. The second-order valence-electron chi connectivity index (χ2n) is 7.18. The number of carbonyl (C=O) groups excluding carboxylic acids is 2. The number of hydrogen-bond donors (Lipinski definition) is 2. The molecular weight excluding hydrogens is 328 g/mol. The molecule has 140 valence electrons. The molecule has 1 heterocycles. The molecule has 1 aliphatic carbocycles. The van der Waals surface area contributed by atoms with Gasteiger partial charge in [0.1, 0.15) is 6.10 Å². The van der Waals surface area contributed by atoms with Crippen molar-refractivity contribution < 1.29 is 14.3 Å². The van der Waals surface area contributed by atoms with E-state index in [0.29, 0.717) is 11.3 Å². The van der Waals surface area contributed by atoms with Crippen LogP contribution in [0.15, 0.2) is 35.5 Å². The Balaban J connectivity index is 1.83. The molecule has 5 nitrogen and oxygen atoms in total. The van der Waals surface area contributed by atoms with Crippen molar-refractivity contribution in [3.63, 3.8) is 0 Å². The van der Waals surface area contributed by atoms with Crippen LogP contribution in [0.25, 0.3) is 0 Å². The summed E-state index contributed by atoms with van der Waals surface area (Å²) in [4.78, 5) is 24.9. The molecule has 1 saturated carbocycles. The van der Waals surface area contributed by atoms with Gasteiger partial charge in [0.15, 0.2) is 0 Å². The number of urea groups is 1. The highest BCUT2D eigenvalue weighted by Gasteiger charge is 2.33. The summed E-state index contributed by atoms with van der Waals surface area (Å²) in [6.45, 7) is 3.86. The Kier molecular flexibility index (Phi) is 5.96. The average Bonchev–Trinajstić information content (AvgIpc) is 2.89. The number of esters is 1. The average molecular weight is 356 g/mol. The van der Waals surface area contributed by atoms with E-state index in [0.717, 1.165) is 37.7 Å². The molecule has 1 unspecified atom stereocenters. The van der Waals surface area contributed by atoms with Gasteiger partial charge in [-0.2, -0.15) is 0 Å². The molecule has 0 radical (unpaired) electrons.